The van der Waals surface area contributed by atoms with E-state index >= 15 is 0 Å². The molecule has 0 spiro atoms. The number of thiocarbonyl (C=S) groups is 1. The van der Waals surface area contributed by atoms with Gasteiger partial charge in [0.15, 0.2) is 0 Å². The van der Waals surface area contributed by atoms with Crippen LogP contribution in [0.1, 0.15) is 111 Å². The van der Waals surface area contributed by atoms with Crippen molar-refractivity contribution in [2.45, 2.75) is 139 Å². The number of esters is 1. The van der Waals surface area contributed by atoms with Crippen molar-refractivity contribution in [3.05, 3.63) is 12.7 Å². The van der Waals surface area contributed by atoms with Crippen LogP contribution in [-0.4, -0.2) is 50.5 Å². The number of unbranched alkanes of at least 4 members (excludes halogenated alkanes) is 9. The molecule has 45 heavy (non-hydrogen) atoms. The Morgan fingerprint density at radius 2 is 1.38 bits per heavy atom. The van der Waals surface area contributed by atoms with Gasteiger partial charge >= 0.3 is 29.9 Å². The predicted octanol–water partition coefficient (Wildman–Crippen LogP) is 11.7. The molecular formula is C30H44F9NO2S3. The summed E-state index contributed by atoms with van der Waals surface area (Å²) in [6.07, 6.45) is 3.99. The lowest BCUT2D eigenvalue weighted by molar-refractivity contribution is -0.397. The van der Waals surface area contributed by atoms with Crippen molar-refractivity contribution in [2.24, 2.45) is 5.41 Å². The van der Waals surface area contributed by atoms with E-state index in [0.29, 0.717) is 12.2 Å². The number of ether oxygens (including phenoxy) is 1. The second kappa shape index (κ2) is 19.6. The number of hydrogen-bond donors (Lipinski definition) is 0. The number of allylic oxidation sites excluding steroid dienone is 1. The summed E-state index contributed by atoms with van der Waals surface area (Å²) in [6.45, 7) is 7.03. The third-order valence-corrected chi connectivity index (χ3v) is 10.1. The standard InChI is InChI=1S/C30H44F9NO2S3/c1-5-7-9-10-11-12-13-14-15-16-20-44-24(43)45-26(4,21-25(3,22-40)17-8-6-2)23(41)42-19-18-27(31,32)28(33,34)29(35,36)30(37,38)39/h6H,2,5,7-21H2,1,3-4H3. The van der Waals surface area contributed by atoms with Crippen LogP contribution in [0.4, 0.5) is 39.5 Å². The Balaban J connectivity index is 5.36. The monoisotopic (exact) mass is 717 g/mol. The number of hydrogen-bond acceptors (Lipinski definition) is 6. The van der Waals surface area contributed by atoms with Gasteiger partial charge in [-0.2, -0.15) is 44.8 Å². The summed E-state index contributed by atoms with van der Waals surface area (Å²) in [7, 11) is 0. The van der Waals surface area contributed by atoms with Gasteiger partial charge in [0, 0.05) is 0 Å². The van der Waals surface area contributed by atoms with E-state index in [1.54, 1.807) is 6.08 Å². The van der Waals surface area contributed by atoms with Crippen LogP contribution in [0, 0.1) is 16.7 Å². The largest absolute Gasteiger partial charge is 0.464 e. The Bertz CT molecular complexity index is 973. The number of carbonyl (C=O) groups is 1. The third kappa shape index (κ3) is 14.3. The molecule has 0 amide bonds. The molecular weight excluding hydrogens is 674 g/mol. The van der Waals surface area contributed by atoms with Crippen molar-refractivity contribution >= 4 is 45.2 Å². The summed E-state index contributed by atoms with van der Waals surface area (Å²) in [6, 6.07) is 2.09. The van der Waals surface area contributed by atoms with Gasteiger partial charge < -0.3 is 4.74 Å². The zero-order valence-electron chi connectivity index (χ0n) is 26.0. The molecule has 0 fully saturated rings. The van der Waals surface area contributed by atoms with Crippen LogP contribution < -0.4 is 0 Å². The number of halogens is 9. The quantitative estimate of drug-likeness (QED) is 0.0345. The van der Waals surface area contributed by atoms with Crippen molar-refractivity contribution in [3.63, 3.8) is 0 Å². The zero-order valence-corrected chi connectivity index (χ0v) is 28.4. The molecule has 15 heteroatoms. The fourth-order valence-corrected chi connectivity index (χ4v) is 7.70. The van der Waals surface area contributed by atoms with Crippen molar-refractivity contribution in [1.29, 1.82) is 5.26 Å². The molecule has 0 rings (SSSR count). The first-order chi connectivity index (χ1) is 20.7. The molecule has 0 aliphatic heterocycles. The van der Waals surface area contributed by atoms with Crippen molar-refractivity contribution < 1.29 is 49.0 Å². The van der Waals surface area contributed by atoms with E-state index in [4.69, 9.17) is 17.0 Å². The minimum atomic E-state index is -7.03. The average molecular weight is 718 g/mol. The van der Waals surface area contributed by atoms with Gasteiger partial charge in [-0.05, 0) is 45.3 Å². The molecule has 0 aromatic heterocycles. The van der Waals surface area contributed by atoms with Crippen LogP contribution in [0.3, 0.4) is 0 Å². The number of nitrogens with zero attached hydrogens (tertiary/aromatic N) is 1. The number of nitriles is 1. The van der Waals surface area contributed by atoms with Gasteiger partial charge in [-0.25, -0.2) is 0 Å². The predicted molar refractivity (Wildman–Crippen MR) is 167 cm³/mol. The lowest BCUT2D eigenvalue weighted by Gasteiger charge is -2.35. The minimum absolute atomic E-state index is 0.217. The number of rotatable bonds is 23. The third-order valence-electron chi connectivity index (χ3n) is 7.21. The summed E-state index contributed by atoms with van der Waals surface area (Å²) in [5.41, 5.74) is -1.17. The first-order valence-corrected chi connectivity index (χ1v) is 17.1. The smallest absolute Gasteiger partial charge is 0.460 e. The fourth-order valence-electron chi connectivity index (χ4n) is 4.45. The number of carbonyl (C=O) groups excluding carboxylic acids is 1. The number of alkyl halides is 9. The van der Waals surface area contributed by atoms with Gasteiger partial charge in [0.05, 0.1) is 24.5 Å². The van der Waals surface area contributed by atoms with Gasteiger partial charge in [0.25, 0.3) is 0 Å². The van der Waals surface area contributed by atoms with Gasteiger partial charge in [-0.1, -0.05) is 94.8 Å². The molecule has 2 unspecified atom stereocenters. The summed E-state index contributed by atoms with van der Waals surface area (Å²) in [5, 5.41) is 9.79. The zero-order chi connectivity index (χ0) is 35.0. The molecule has 0 N–H and O–H groups in total. The molecule has 0 aromatic carbocycles. The molecule has 0 aliphatic rings. The van der Waals surface area contributed by atoms with E-state index in [9.17, 15) is 49.6 Å². The number of thioether (sulfide) groups is 2. The first kappa shape index (κ1) is 43.9. The Hall–Kier alpha value is -1.14. The van der Waals surface area contributed by atoms with E-state index in [1.165, 1.54) is 64.1 Å². The molecule has 0 aliphatic carbocycles. The first-order valence-electron chi connectivity index (χ1n) is 14.9. The average Bonchev–Trinajstić information content (AvgIpc) is 2.93. The van der Waals surface area contributed by atoms with Crippen LogP contribution in [0.5, 0.6) is 0 Å². The maximum Gasteiger partial charge on any atom is 0.460 e. The van der Waals surface area contributed by atoms with E-state index in [0.717, 1.165) is 37.4 Å². The van der Waals surface area contributed by atoms with Crippen molar-refractivity contribution in [3.8, 4) is 6.07 Å². The maximum atomic E-state index is 14.0. The van der Waals surface area contributed by atoms with Gasteiger partial charge in [0.2, 0.25) is 0 Å². The van der Waals surface area contributed by atoms with E-state index in [-0.39, 0.29) is 16.4 Å². The van der Waals surface area contributed by atoms with Crippen molar-refractivity contribution in [2.75, 3.05) is 12.4 Å². The van der Waals surface area contributed by atoms with Crippen LogP contribution in [0.2, 0.25) is 0 Å². The maximum absolute atomic E-state index is 14.0. The highest BCUT2D eigenvalue weighted by Gasteiger charge is 2.81. The molecule has 0 aromatic rings. The fraction of sp³-hybridized carbons (Fsp3) is 0.833. The lowest BCUT2D eigenvalue weighted by Crippen LogP contribution is -2.61. The molecule has 3 nitrogen and oxygen atoms in total. The van der Waals surface area contributed by atoms with Gasteiger partial charge in [0.1, 0.15) is 8.28 Å². The lowest BCUT2D eigenvalue weighted by atomic mass is 9.78. The normalized spacial score (nSPS) is 15.5. The Morgan fingerprint density at radius 1 is 0.867 bits per heavy atom. The second-order valence-corrected chi connectivity index (χ2v) is 15.3. The highest BCUT2D eigenvalue weighted by molar-refractivity contribution is 8.47. The molecule has 2 atom stereocenters. The van der Waals surface area contributed by atoms with Crippen LogP contribution in [0.25, 0.3) is 0 Å². The van der Waals surface area contributed by atoms with Gasteiger partial charge in [-0.15, -0.1) is 18.3 Å². The van der Waals surface area contributed by atoms with Gasteiger partial charge in [-0.3, -0.25) is 4.79 Å². The molecule has 0 bridgehead atoms. The highest BCUT2D eigenvalue weighted by Crippen LogP contribution is 2.54. The van der Waals surface area contributed by atoms with E-state index in [1.807, 2.05) is 0 Å². The Kier molecular flexibility index (Phi) is 19.1. The summed E-state index contributed by atoms with van der Waals surface area (Å²) >= 11 is 7.50. The minimum Gasteiger partial charge on any atom is -0.464 e. The summed E-state index contributed by atoms with van der Waals surface area (Å²) < 4.78 is 122. The van der Waals surface area contributed by atoms with Crippen molar-refractivity contribution in [1.82, 2.24) is 0 Å². The topological polar surface area (TPSA) is 50.1 Å². The Labute approximate surface area is 274 Å². The molecule has 0 heterocycles. The second-order valence-electron chi connectivity index (χ2n) is 11.5. The Morgan fingerprint density at radius 3 is 1.84 bits per heavy atom. The highest BCUT2D eigenvalue weighted by atomic mass is 32.2. The SMILES string of the molecule is C=CCCC(C)(C#N)CC(C)(SC(=S)SCCCCCCCCCCCC)C(=O)OCCC(F)(F)C(F)(F)C(F)(F)C(F)(F)F. The summed E-state index contributed by atoms with van der Waals surface area (Å²) in [5.74, 6) is -20.3. The summed E-state index contributed by atoms with van der Waals surface area (Å²) in [4.78, 5) is 13.1. The van der Waals surface area contributed by atoms with Crippen LogP contribution in [-0.2, 0) is 9.53 Å². The molecule has 0 saturated carbocycles. The van der Waals surface area contributed by atoms with E-state index in [2.05, 4.69) is 19.6 Å². The molecule has 262 valence electrons. The van der Waals surface area contributed by atoms with E-state index < -0.39 is 53.1 Å². The molecule has 0 radical (unpaired) electrons. The molecule has 0 saturated heterocycles. The van der Waals surface area contributed by atoms with Crippen LogP contribution >= 0.6 is 35.7 Å². The van der Waals surface area contributed by atoms with Crippen LogP contribution in [0.15, 0.2) is 12.7 Å².